The van der Waals surface area contributed by atoms with Crippen LogP contribution in [-0.4, -0.2) is 36.4 Å². The topological polar surface area (TPSA) is 126 Å². The van der Waals surface area contributed by atoms with Crippen LogP contribution in [0.5, 0.6) is 0 Å². The van der Waals surface area contributed by atoms with E-state index in [0.29, 0.717) is 22.4 Å². The van der Waals surface area contributed by atoms with Gasteiger partial charge < -0.3 is 10.3 Å². The van der Waals surface area contributed by atoms with Gasteiger partial charge in [0.25, 0.3) is 5.56 Å². The van der Waals surface area contributed by atoms with Crippen LogP contribution in [0.2, 0.25) is 0 Å². The molecule has 0 aliphatic heterocycles. The molecule has 0 saturated carbocycles. The number of H-pyrrole nitrogens is 2. The van der Waals surface area contributed by atoms with Crippen LogP contribution in [0.1, 0.15) is 11.5 Å². The number of aromatic nitrogens is 5. The minimum absolute atomic E-state index is 0.128. The van der Waals surface area contributed by atoms with E-state index in [0.717, 1.165) is 10.2 Å². The Balaban J connectivity index is 1.56. The Hall–Kier alpha value is -3.44. The zero-order valence-electron chi connectivity index (χ0n) is 16.5. The standard InChI is InChI=1S/C21H17BrN6O3S/c22-13-6-8-14(9-7-13)23-19(30)12-32-21-27-26-17(28(21)16-4-2-1-3-5-16)10-15-11-18(29)25-20(31)24-15/h1-9,11H,10,12H2,(H,23,30)(H2,24,25,29,31). The number of para-hydroxylation sites is 1. The van der Waals surface area contributed by atoms with E-state index in [1.54, 1.807) is 16.7 Å². The SMILES string of the molecule is O=C(CSc1nnc(Cc2cc(=O)[nH]c(=O)[nH]2)n1-c1ccccc1)Nc1ccc(Br)cc1. The molecule has 9 nitrogen and oxygen atoms in total. The van der Waals surface area contributed by atoms with Crippen molar-refractivity contribution in [2.24, 2.45) is 0 Å². The average Bonchev–Trinajstić information content (AvgIpc) is 3.16. The number of hydrogen-bond acceptors (Lipinski definition) is 6. The fourth-order valence-electron chi connectivity index (χ4n) is 2.99. The summed E-state index contributed by atoms with van der Waals surface area (Å²) >= 11 is 4.60. The molecule has 0 atom stereocenters. The highest BCUT2D eigenvalue weighted by Crippen LogP contribution is 2.23. The smallest absolute Gasteiger partial charge is 0.325 e. The lowest BCUT2D eigenvalue weighted by Crippen LogP contribution is -2.23. The summed E-state index contributed by atoms with van der Waals surface area (Å²) in [6.45, 7) is 0. The Morgan fingerprint density at radius 3 is 2.50 bits per heavy atom. The minimum atomic E-state index is -0.586. The lowest BCUT2D eigenvalue weighted by Gasteiger charge is -2.10. The van der Waals surface area contributed by atoms with E-state index in [1.807, 2.05) is 42.5 Å². The zero-order valence-corrected chi connectivity index (χ0v) is 18.9. The molecule has 2 aromatic carbocycles. The number of carbonyl (C=O) groups is 1. The molecule has 3 N–H and O–H groups in total. The first kappa shape index (κ1) is 21.8. The van der Waals surface area contributed by atoms with Gasteiger partial charge in [-0.05, 0) is 36.4 Å². The van der Waals surface area contributed by atoms with Gasteiger partial charge >= 0.3 is 5.69 Å². The van der Waals surface area contributed by atoms with E-state index < -0.39 is 11.2 Å². The van der Waals surface area contributed by atoms with Crippen molar-refractivity contribution >= 4 is 39.3 Å². The molecule has 0 aliphatic carbocycles. The van der Waals surface area contributed by atoms with E-state index in [1.165, 1.54) is 17.8 Å². The number of benzene rings is 2. The number of nitrogens with one attached hydrogen (secondary N) is 3. The molecule has 0 saturated heterocycles. The van der Waals surface area contributed by atoms with E-state index >= 15 is 0 Å². The van der Waals surface area contributed by atoms with Crippen molar-refractivity contribution in [1.82, 2.24) is 24.7 Å². The average molecular weight is 513 g/mol. The molecule has 11 heteroatoms. The minimum Gasteiger partial charge on any atom is -0.325 e. The van der Waals surface area contributed by atoms with Crippen molar-refractivity contribution in [2.75, 3.05) is 11.1 Å². The molecule has 4 rings (SSSR count). The third kappa shape index (κ3) is 5.42. The van der Waals surface area contributed by atoms with Crippen LogP contribution in [0.15, 0.2) is 79.9 Å². The predicted octanol–water partition coefficient (Wildman–Crippen LogP) is 2.73. The molecule has 2 heterocycles. The summed E-state index contributed by atoms with van der Waals surface area (Å²) in [4.78, 5) is 40.4. The zero-order chi connectivity index (χ0) is 22.5. The van der Waals surface area contributed by atoms with Crippen LogP contribution in [0.4, 0.5) is 5.69 Å². The molecular formula is C21H17BrN6O3S. The highest BCUT2D eigenvalue weighted by Gasteiger charge is 2.17. The van der Waals surface area contributed by atoms with Gasteiger partial charge in [0.05, 0.1) is 5.75 Å². The molecule has 0 fully saturated rings. The second-order valence-electron chi connectivity index (χ2n) is 6.70. The molecule has 0 bridgehead atoms. The fourth-order valence-corrected chi connectivity index (χ4v) is 4.03. The summed E-state index contributed by atoms with van der Waals surface area (Å²) in [6, 6.07) is 18.0. The molecule has 2 aromatic heterocycles. The summed E-state index contributed by atoms with van der Waals surface area (Å²) in [6.07, 6.45) is 0.187. The first-order valence-corrected chi connectivity index (χ1v) is 11.3. The molecule has 162 valence electrons. The van der Waals surface area contributed by atoms with Crippen LogP contribution in [-0.2, 0) is 11.2 Å². The highest BCUT2D eigenvalue weighted by atomic mass is 79.9. The van der Waals surface area contributed by atoms with Gasteiger partial charge in [0, 0.05) is 34.0 Å². The summed E-state index contributed by atoms with van der Waals surface area (Å²) in [5.41, 5.74) is 0.830. The van der Waals surface area contributed by atoms with Gasteiger partial charge in [0.2, 0.25) is 5.91 Å². The quantitative estimate of drug-likeness (QED) is 0.327. The van der Waals surface area contributed by atoms with Crippen LogP contribution in [0, 0.1) is 0 Å². The lowest BCUT2D eigenvalue weighted by atomic mass is 10.2. The van der Waals surface area contributed by atoms with Gasteiger partial charge in [-0.15, -0.1) is 10.2 Å². The molecule has 32 heavy (non-hydrogen) atoms. The van der Waals surface area contributed by atoms with Crippen molar-refractivity contribution in [1.29, 1.82) is 0 Å². The Morgan fingerprint density at radius 1 is 1.03 bits per heavy atom. The van der Waals surface area contributed by atoms with Crippen molar-refractivity contribution in [2.45, 2.75) is 11.6 Å². The third-order valence-electron chi connectivity index (χ3n) is 4.34. The highest BCUT2D eigenvalue weighted by molar-refractivity contribution is 9.10. The Labute approximate surface area is 194 Å². The third-order valence-corrected chi connectivity index (χ3v) is 5.80. The Kier molecular flexibility index (Phi) is 6.66. The van der Waals surface area contributed by atoms with E-state index in [9.17, 15) is 14.4 Å². The molecular weight excluding hydrogens is 496 g/mol. The van der Waals surface area contributed by atoms with Crippen LogP contribution >= 0.6 is 27.7 Å². The molecule has 0 spiro atoms. The second-order valence-corrected chi connectivity index (χ2v) is 8.56. The number of rotatable bonds is 7. The van der Waals surface area contributed by atoms with Crippen LogP contribution in [0.25, 0.3) is 5.69 Å². The number of amides is 1. The van der Waals surface area contributed by atoms with Gasteiger partial charge in [-0.25, -0.2) is 4.79 Å². The first-order chi connectivity index (χ1) is 15.5. The number of carbonyl (C=O) groups excluding carboxylic acids is 1. The maximum absolute atomic E-state index is 12.4. The fraction of sp³-hybridized carbons (Fsp3) is 0.0952. The second kappa shape index (κ2) is 9.79. The number of hydrogen-bond donors (Lipinski definition) is 3. The van der Waals surface area contributed by atoms with Gasteiger partial charge in [0.15, 0.2) is 5.16 Å². The number of nitrogens with zero attached hydrogens (tertiary/aromatic N) is 3. The van der Waals surface area contributed by atoms with Crippen LogP contribution in [0.3, 0.4) is 0 Å². The van der Waals surface area contributed by atoms with Gasteiger partial charge in [-0.3, -0.25) is 19.1 Å². The first-order valence-electron chi connectivity index (χ1n) is 9.48. The summed E-state index contributed by atoms with van der Waals surface area (Å²) in [7, 11) is 0. The van der Waals surface area contributed by atoms with Gasteiger partial charge in [0.1, 0.15) is 5.82 Å². The monoisotopic (exact) mass is 512 g/mol. The summed E-state index contributed by atoms with van der Waals surface area (Å²) in [5.74, 6) is 0.469. The van der Waals surface area contributed by atoms with E-state index in [2.05, 4.69) is 41.4 Å². The molecule has 0 radical (unpaired) electrons. The maximum atomic E-state index is 12.4. The van der Waals surface area contributed by atoms with Crippen molar-refractivity contribution in [3.05, 3.63) is 97.5 Å². The number of anilines is 1. The molecule has 0 aliphatic rings. The van der Waals surface area contributed by atoms with Crippen molar-refractivity contribution < 1.29 is 4.79 Å². The van der Waals surface area contributed by atoms with E-state index in [4.69, 9.17) is 0 Å². The van der Waals surface area contributed by atoms with Gasteiger partial charge in [-0.2, -0.15) is 0 Å². The lowest BCUT2D eigenvalue weighted by molar-refractivity contribution is -0.113. The Morgan fingerprint density at radius 2 is 1.78 bits per heavy atom. The molecule has 4 aromatic rings. The number of halogens is 1. The summed E-state index contributed by atoms with van der Waals surface area (Å²) < 4.78 is 2.73. The Bertz CT molecular complexity index is 1320. The predicted molar refractivity (Wildman–Crippen MR) is 125 cm³/mol. The van der Waals surface area contributed by atoms with Crippen LogP contribution < -0.4 is 16.6 Å². The maximum Gasteiger partial charge on any atom is 0.325 e. The normalized spacial score (nSPS) is 10.8. The summed E-state index contributed by atoms with van der Waals surface area (Å²) in [5, 5.41) is 11.8. The van der Waals surface area contributed by atoms with Crippen molar-refractivity contribution in [3.63, 3.8) is 0 Å². The molecule has 1 amide bonds. The van der Waals surface area contributed by atoms with E-state index in [-0.39, 0.29) is 18.1 Å². The number of thioether (sulfide) groups is 1. The largest absolute Gasteiger partial charge is 0.325 e. The molecule has 0 unspecified atom stereocenters. The van der Waals surface area contributed by atoms with Gasteiger partial charge in [-0.1, -0.05) is 45.9 Å². The van der Waals surface area contributed by atoms with Crippen molar-refractivity contribution in [3.8, 4) is 5.69 Å². The number of aromatic amines is 2.